The first-order valence-electron chi connectivity index (χ1n) is 5.42. The van der Waals surface area contributed by atoms with Crippen LogP contribution in [0, 0.1) is 0 Å². The van der Waals surface area contributed by atoms with Crippen LogP contribution in [0.25, 0.3) is 12.2 Å². The van der Waals surface area contributed by atoms with Gasteiger partial charge in [-0.1, -0.05) is 12.2 Å². The van der Waals surface area contributed by atoms with E-state index in [4.69, 9.17) is 0 Å². The Morgan fingerprint density at radius 1 is 0.579 bits per heavy atom. The number of rotatable bonds is 2. The van der Waals surface area contributed by atoms with Crippen molar-refractivity contribution < 1.29 is 25.5 Å². The van der Waals surface area contributed by atoms with E-state index in [0.717, 1.165) is 0 Å². The van der Waals surface area contributed by atoms with Crippen LogP contribution in [0.2, 0.25) is 0 Å². The number of phenolic OH excluding ortho intramolecular Hbond substituents is 5. The Hall–Kier alpha value is -2.82. The highest BCUT2D eigenvalue weighted by Crippen LogP contribution is 2.36. The Bertz CT molecular complexity index is 603. The van der Waals surface area contributed by atoms with Crippen LogP contribution in [0.4, 0.5) is 0 Å². The molecule has 5 nitrogen and oxygen atoms in total. The van der Waals surface area contributed by atoms with Gasteiger partial charge in [0.2, 0.25) is 0 Å². The normalized spacial score (nSPS) is 10.9. The summed E-state index contributed by atoms with van der Waals surface area (Å²) in [4.78, 5) is 0. The van der Waals surface area contributed by atoms with Gasteiger partial charge < -0.3 is 25.5 Å². The molecule has 2 aromatic carbocycles. The van der Waals surface area contributed by atoms with Gasteiger partial charge in [0.25, 0.3) is 0 Å². The zero-order valence-electron chi connectivity index (χ0n) is 9.78. The number of benzene rings is 2. The van der Waals surface area contributed by atoms with E-state index in [-0.39, 0.29) is 11.5 Å². The van der Waals surface area contributed by atoms with Crippen molar-refractivity contribution >= 4 is 12.2 Å². The molecule has 5 N–H and O–H groups in total. The molecule has 0 unspecified atom stereocenters. The zero-order valence-corrected chi connectivity index (χ0v) is 9.78. The zero-order chi connectivity index (χ0) is 14.0. The standard InChI is InChI=1S/C14H12O5/c15-10-3-8(4-11(16)7-10)1-2-9-5-12(17)14(19)13(18)6-9/h1-7,15-19H/b2-1+. The minimum absolute atomic E-state index is 0.0731. The fourth-order valence-corrected chi connectivity index (χ4v) is 1.63. The minimum atomic E-state index is -0.577. The van der Waals surface area contributed by atoms with E-state index in [9.17, 15) is 25.5 Å². The predicted molar refractivity (Wildman–Crippen MR) is 70.1 cm³/mol. The van der Waals surface area contributed by atoms with E-state index in [1.807, 2.05) is 0 Å². The van der Waals surface area contributed by atoms with E-state index < -0.39 is 17.2 Å². The van der Waals surface area contributed by atoms with Gasteiger partial charge in [0.15, 0.2) is 17.2 Å². The molecule has 0 radical (unpaired) electrons. The molecule has 0 spiro atoms. The maximum absolute atomic E-state index is 9.34. The first-order valence-corrected chi connectivity index (χ1v) is 5.42. The summed E-state index contributed by atoms with van der Waals surface area (Å²) in [6.07, 6.45) is 3.12. The Labute approximate surface area is 108 Å². The highest BCUT2D eigenvalue weighted by molar-refractivity contribution is 5.73. The minimum Gasteiger partial charge on any atom is -0.508 e. The fourth-order valence-electron chi connectivity index (χ4n) is 1.63. The van der Waals surface area contributed by atoms with Crippen LogP contribution in [0.15, 0.2) is 30.3 Å². The Kier molecular flexibility index (Phi) is 3.20. The molecule has 98 valence electrons. The molecule has 0 amide bonds. The fraction of sp³-hybridized carbons (Fsp3) is 0. The lowest BCUT2D eigenvalue weighted by Crippen LogP contribution is -1.77. The van der Waals surface area contributed by atoms with Crippen LogP contribution in [0.1, 0.15) is 11.1 Å². The molecule has 5 heteroatoms. The summed E-state index contributed by atoms with van der Waals surface area (Å²) in [5, 5.41) is 46.5. The lowest BCUT2D eigenvalue weighted by Gasteiger charge is -2.02. The van der Waals surface area contributed by atoms with Gasteiger partial charge in [-0.25, -0.2) is 0 Å². The van der Waals surface area contributed by atoms with E-state index in [0.29, 0.717) is 11.1 Å². The summed E-state index contributed by atoms with van der Waals surface area (Å²) in [7, 11) is 0. The van der Waals surface area contributed by atoms with E-state index in [1.54, 1.807) is 12.2 Å². The Balaban J connectivity index is 2.32. The van der Waals surface area contributed by atoms with Crippen molar-refractivity contribution in [2.75, 3.05) is 0 Å². The van der Waals surface area contributed by atoms with Crippen molar-refractivity contribution in [1.82, 2.24) is 0 Å². The number of hydrogen-bond acceptors (Lipinski definition) is 5. The molecule has 0 saturated carbocycles. The molecule has 0 atom stereocenters. The average Bonchev–Trinajstić information content (AvgIpc) is 2.32. The molecule has 2 rings (SSSR count). The lowest BCUT2D eigenvalue weighted by molar-refractivity contribution is 0.368. The third-order valence-electron chi connectivity index (χ3n) is 2.49. The molecule has 0 aliphatic carbocycles. The second kappa shape index (κ2) is 4.81. The van der Waals surface area contributed by atoms with Crippen LogP contribution < -0.4 is 0 Å². The van der Waals surface area contributed by atoms with E-state index in [2.05, 4.69) is 0 Å². The summed E-state index contributed by atoms with van der Waals surface area (Å²) in [5.74, 6) is -1.59. The van der Waals surface area contributed by atoms with Crippen molar-refractivity contribution in [2.24, 2.45) is 0 Å². The number of hydrogen-bond donors (Lipinski definition) is 5. The van der Waals surface area contributed by atoms with Gasteiger partial charge in [-0.3, -0.25) is 0 Å². The van der Waals surface area contributed by atoms with E-state index >= 15 is 0 Å². The molecule has 0 bridgehead atoms. The maximum atomic E-state index is 9.34. The second-order valence-corrected chi connectivity index (χ2v) is 4.02. The molecule has 2 aromatic rings. The first-order chi connectivity index (χ1) is 8.95. The van der Waals surface area contributed by atoms with Gasteiger partial charge >= 0.3 is 0 Å². The highest BCUT2D eigenvalue weighted by atomic mass is 16.3. The molecular weight excluding hydrogens is 248 g/mol. The molecule has 0 fully saturated rings. The average molecular weight is 260 g/mol. The van der Waals surface area contributed by atoms with Crippen molar-refractivity contribution in [3.05, 3.63) is 41.5 Å². The SMILES string of the molecule is Oc1cc(O)cc(/C=C/c2cc(O)c(O)c(O)c2)c1. The largest absolute Gasteiger partial charge is 0.508 e. The summed E-state index contributed by atoms with van der Waals surface area (Å²) >= 11 is 0. The number of phenols is 5. The lowest BCUT2D eigenvalue weighted by atomic mass is 10.1. The van der Waals surface area contributed by atoms with Gasteiger partial charge in [-0.05, 0) is 35.4 Å². The van der Waals surface area contributed by atoms with Crippen LogP contribution in [0.5, 0.6) is 28.7 Å². The van der Waals surface area contributed by atoms with Gasteiger partial charge in [-0.15, -0.1) is 0 Å². The molecule has 0 aliphatic heterocycles. The van der Waals surface area contributed by atoms with Crippen LogP contribution in [-0.2, 0) is 0 Å². The molecule has 0 saturated heterocycles. The molecule has 0 aliphatic rings. The predicted octanol–water partition coefficient (Wildman–Crippen LogP) is 2.39. The molecule has 19 heavy (non-hydrogen) atoms. The summed E-state index contributed by atoms with van der Waals surface area (Å²) < 4.78 is 0. The van der Waals surface area contributed by atoms with Gasteiger partial charge in [0.05, 0.1) is 0 Å². The van der Waals surface area contributed by atoms with Gasteiger partial charge in [0, 0.05) is 6.07 Å². The van der Waals surface area contributed by atoms with Crippen molar-refractivity contribution in [3.63, 3.8) is 0 Å². The third-order valence-corrected chi connectivity index (χ3v) is 2.49. The van der Waals surface area contributed by atoms with Crippen LogP contribution >= 0.6 is 0 Å². The summed E-state index contributed by atoms with van der Waals surface area (Å²) in [6, 6.07) is 6.63. The summed E-state index contributed by atoms with van der Waals surface area (Å²) in [6.45, 7) is 0. The Morgan fingerprint density at radius 2 is 1.00 bits per heavy atom. The van der Waals surface area contributed by atoms with Gasteiger partial charge in [0.1, 0.15) is 11.5 Å². The van der Waals surface area contributed by atoms with Crippen molar-refractivity contribution in [1.29, 1.82) is 0 Å². The smallest absolute Gasteiger partial charge is 0.200 e. The third kappa shape index (κ3) is 2.90. The van der Waals surface area contributed by atoms with Crippen LogP contribution in [-0.4, -0.2) is 25.5 Å². The topological polar surface area (TPSA) is 101 Å². The number of aromatic hydroxyl groups is 5. The molecular formula is C14H12O5. The molecule has 0 heterocycles. The van der Waals surface area contributed by atoms with Crippen molar-refractivity contribution in [2.45, 2.75) is 0 Å². The molecule has 0 aromatic heterocycles. The second-order valence-electron chi connectivity index (χ2n) is 4.02. The summed E-state index contributed by atoms with van der Waals surface area (Å²) in [5.41, 5.74) is 1.00. The maximum Gasteiger partial charge on any atom is 0.200 e. The van der Waals surface area contributed by atoms with Crippen LogP contribution in [0.3, 0.4) is 0 Å². The van der Waals surface area contributed by atoms with E-state index in [1.165, 1.54) is 30.3 Å². The highest BCUT2D eigenvalue weighted by Gasteiger charge is 2.06. The van der Waals surface area contributed by atoms with Crippen molar-refractivity contribution in [3.8, 4) is 28.7 Å². The first kappa shape index (κ1) is 12.6. The monoisotopic (exact) mass is 260 g/mol. The Morgan fingerprint density at radius 3 is 1.47 bits per heavy atom. The quantitative estimate of drug-likeness (QED) is 0.421. The van der Waals surface area contributed by atoms with Gasteiger partial charge in [-0.2, -0.15) is 0 Å².